The Morgan fingerprint density at radius 1 is 0.889 bits per heavy atom. The molecule has 0 aliphatic heterocycles. The standard InChI is InChI=1S/C23H20FNO2/c24-17-12-10-15(11-13-17)14-20-18-8-4-5-9-19(18)21(22(20)26)25-23(27)16-6-2-1-3-7-16/h1-13,20-22,26H,14H2,(H,25,27)/t20-,21+,22?/m0/s1. The summed E-state index contributed by atoms with van der Waals surface area (Å²) in [5.74, 6) is -0.649. The van der Waals surface area contributed by atoms with E-state index in [9.17, 15) is 14.3 Å². The van der Waals surface area contributed by atoms with Crippen molar-refractivity contribution in [3.05, 3.63) is 107 Å². The van der Waals surface area contributed by atoms with Crippen LogP contribution in [0.4, 0.5) is 4.39 Å². The first-order chi connectivity index (χ1) is 13.1. The second-order valence-corrected chi connectivity index (χ2v) is 6.87. The minimum absolute atomic E-state index is 0.160. The van der Waals surface area contributed by atoms with Crippen LogP contribution in [0.3, 0.4) is 0 Å². The van der Waals surface area contributed by atoms with Crippen molar-refractivity contribution in [2.75, 3.05) is 0 Å². The van der Waals surface area contributed by atoms with Crippen LogP contribution < -0.4 is 5.32 Å². The molecule has 0 aromatic heterocycles. The number of hydrogen-bond donors (Lipinski definition) is 2. The zero-order valence-corrected chi connectivity index (χ0v) is 14.7. The van der Waals surface area contributed by atoms with Crippen LogP contribution in [0.2, 0.25) is 0 Å². The molecule has 27 heavy (non-hydrogen) atoms. The lowest BCUT2D eigenvalue weighted by molar-refractivity contribution is 0.0813. The minimum Gasteiger partial charge on any atom is -0.390 e. The SMILES string of the molecule is O=C(N[C@@H]1c2ccccc2[C@H](Cc2ccc(F)cc2)C1O)c1ccccc1. The Hall–Kier alpha value is -2.98. The highest BCUT2D eigenvalue weighted by atomic mass is 19.1. The number of hydrogen-bond acceptors (Lipinski definition) is 2. The lowest BCUT2D eigenvalue weighted by Gasteiger charge is -2.22. The highest BCUT2D eigenvalue weighted by Gasteiger charge is 2.40. The molecule has 3 nitrogen and oxygen atoms in total. The fourth-order valence-electron chi connectivity index (χ4n) is 3.81. The van der Waals surface area contributed by atoms with E-state index in [0.717, 1.165) is 16.7 Å². The van der Waals surface area contributed by atoms with Crippen LogP contribution in [-0.4, -0.2) is 17.1 Å². The molecule has 1 aliphatic rings. The highest BCUT2D eigenvalue weighted by Crippen LogP contribution is 2.42. The van der Waals surface area contributed by atoms with Crippen LogP contribution in [0.1, 0.15) is 39.0 Å². The maximum Gasteiger partial charge on any atom is 0.251 e. The minimum atomic E-state index is -0.750. The summed E-state index contributed by atoms with van der Waals surface area (Å²) >= 11 is 0. The van der Waals surface area contributed by atoms with Crippen LogP contribution in [-0.2, 0) is 6.42 Å². The van der Waals surface area contributed by atoms with Crippen LogP contribution in [0.5, 0.6) is 0 Å². The average molecular weight is 361 g/mol. The zero-order valence-electron chi connectivity index (χ0n) is 14.7. The van der Waals surface area contributed by atoms with Gasteiger partial charge >= 0.3 is 0 Å². The summed E-state index contributed by atoms with van der Waals surface area (Å²) < 4.78 is 13.2. The Bertz CT molecular complexity index is 940. The smallest absolute Gasteiger partial charge is 0.251 e. The maximum atomic E-state index is 13.2. The fraction of sp³-hybridized carbons (Fsp3) is 0.174. The van der Waals surface area contributed by atoms with Gasteiger partial charge in [-0.1, -0.05) is 54.6 Å². The lowest BCUT2D eigenvalue weighted by Crippen LogP contribution is -2.35. The molecule has 0 heterocycles. The van der Waals surface area contributed by atoms with Gasteiger partial charge in [0.05, 0.1) is 12.1 Å². The predicted molar refractivity (Wildman–Crippen MR) is 102 cm³/mol. The third-order valence-electron chi connectivity index (χ3n) is 5.18. The molecule has 136 valence electrons. The number of fused-ring (bicyclic) bond motifs is 1. The van der Waals surface area contributed by atoms with Gasteiger partial charge in [0, 0.05) is 11.5 Å². The Kier molecular flexibility index (Phi) is 4.73. The number of nitrogens with one attached hydrogen (secondary N) is 1. The van der Waals surface area contributed by atoms with Gasteiger partial charge < -0.3 is 10.4 Å². The molecule has 3 aromatic carbocycles. The lowest BCUT2D eigenvalue weighted by atomic mass is 9.92. The Labute approximate surface area is 157 Å². The van der Waals surface area contributed by atoms with Crippen molar-refractivity contribution in [2.24, 2.45) is 0 Å². The molecule has 4 rings (SSSR count). The molecule has 3 atom stereocenters. The van der Waals surface area contributed by atoms with Gasteiger partial charge in [0.25, 0.3) is 5.91 Å². The first-order valence-corrected chi connectivity index (χ1v) is 9.01. The third-order valence-corrected chi connectivity index (χ3v) is 5.18. The molecular formula is C23H20FNO2. The van der Waals surface area contributed by atoms with Gasteiger partial charge in [-0.3, -0.25) is 4.79 Å². The summed E-state index contributed by atoms with van der Waals surface area (Å²) in [4.78, 5) is 12.6. The summed E-state index contributed by atoms with van der Waals surface area (Å²) in [6.07, 6.45) is -0.170. The van der Waals surface area contributed by atoms with E-state index in [1.807, 2.05) is 42.5 Å². The monoisotopic (exact) mass is 361 g/mol. The number of carbonyl (C=O) groups excluding carboxylic acids is 1. The molecule has 1 aliphatic carbocycles. The fourth-order valence-corrected chi connectivity index (χ4v) is 3.81. The maximum absolute atomic E-state index is 13.2. The van der Waals surface area contributed by atoms with E-state index in [0.29, 0.717) is 12.0 Å². The van der Waals surface area contributed by atoms with Crippen LogP contribution in [0.25, 0.3) is 0 Å². The third kappa shape index (κ3) is 3.49. The molecule has 3 aromatic rings. The van der Waals surface area contributed by atoms with Crippen LogP contribution in [0.15, 0.2) is 78.9 Å². The Balaban J connectivity index is 1.60. The molecule has 0 bridgehead atoms. The number of halogens is 1. The summed E-state index contributed by atoms with van der Waals surface area (Å²) in [5.41, 5.74) is 3.46. The summed E-state index contributed by atoms with van der Waals surface area (Å²) in [7, 11) is 0. The quantitative estimate of drug-likeness (QED) is 0.738. The first-order valence-electron chi connectivity index (χ1n) is 9.01. The van der Waals surface area contributed by atoms with Crippen LogP contribution >= 0.6 is 0 Å². The molecule has 0 spiro atoms. The number of aliphatic hydroxyl groups excluding tert-OH is 1. The van der Waals surface area contributed by atoms with Crippen molar-refractivity contribution >= 4 is 5.91 Å². The van der Waals surface area contributed by atoms with Crippen molar-refractivity contribution in [1.82, 2.24) is 5.32 Å². The van der Waals surface area contributed by atoms with Crippen LogP contribution in [0, 0.1) is 5.82 Å². The zero-order chi connectivity index (χ0) is 18.8. The van der Waals surface area contributed by atoms with Crippen molar-refractivity contribution in [1.29, 1.82) is 0 Å². The van der Waals surface area contributed by atoms with Crippen molar-refractivity contribution < 1.29 is 14.3 Å². The van der Waals surface area contributed by atoms with Crippen molar-refractivity contribution in [2.45, 2.75) is 24.5 Å². The summed E-state index contributed by atoms with van der Waals surface area (Å²) in [6, 6.07) is 22.6. The molecule has 0 fully saturated rings. The molecule has 0 radical (unpaired) electrons. The number of amides is 1. The first kappa shape index (κ1) is 17.4. The molecule has 2 N–H and O–H groups in total. The summed E-state index contributed by atoms with van der Waals surface area (Å²) in [6.45, 7) is 0. The normalized spacial score (nSPS) is 20.9. The van der Waals surface area contributed by atoms with Gasteiger partial charge in [0.1, 0.15) is 5.82 Å². The number of rotatable bonds is 4. The Morgan fingerprint density at radius 2 is 1.52 bits per heavy atom. The summed E-state index contributed by atoms with van der Waals surface area (Å²) in [5, 5.41) is 14.0. The second-order valence-electron chi connectivity index (χ2n) is 6.87. The van der Waals surface area contributed by atoms with E-state index in [1.165, 1.54) is 12.1 Å². The van der Waals surface area contributed by atoms with E-state index in [1.54, 1.807) is 24.3 Å². The average Bonchev–Trinajstić information content (AvgIpc) is 2.96. The highest BCUT2D eigenvalue weighted by molar-refractivity contribution is 5.94. The van der Waals surface area contributed by atoms with Gasteiger partial charge in [-0.15, -0.1) is 0 Å². The van der Waals surface area contributed by atoms with Gasteiger partial charge in [0.2, 0.25) is 0 Å². The molecular weight excluding hydrogens is 341 g/mol. The van der Waals surface area contributed by atoms with Gasteiger partial charge in [-0.2, -0.15) is 0 Å². The van der Waals surface area contributed by atoms with E-state index >= 15 is 0 Å². The Morgan fingerprint density at radius 3 is 2.22 bits per heavy atom. The predicted octanol–water partition coefficient (Wildman–Crippen LogP) is 4.00. The van der Waals surface area contributed by atoms with E-state index in [4.69, 9.17) is 0 Å². The van der Waals surface area contributed by atoms with E-state index < -0.39 is 12.1 Å². The molecule has 4 heteroatoms. The van der Waals surface area contributed by atoms with Gasteiger partial charge in [-0.25, -0.2) is 4.39 Å². The van der Waals surface area contributed by atoms with Crippen molar-refractivity contribution in [3.8, 4) is 0 Å². The van der Waals surface area contributed by atoms with Gasteiger partial charge in [-0.05, 0) is 47.4 Å². The van der Waals surface area contributed by atoms with E-state index in [-0.39, 0.29) is 17.6 Å². The van der Waals surface area contributed by atoms with Crippen molar-refractivity contribution in [3.63, 3.8) is 0 Å². The molecule has 1 unspecified atom stereocenters. The largest absolute Gasteiger partial charge is 0.390 e. The molecule has 0 saturated carbocycles. The van der Waals surface area contributed by atoms with E-state index in [2.05, 4.69) is 5.32 Å². The number of carbonyl (C=O) groups is 1. The second kappa shape index (κ2) is 7.33. The molecule has 0 saturated heterocycles. The molecule has 1 amide bonds. The number of aliphatic hydroxyl groups is 1. The van der Waals surface area contributed by atoms with Gasteiger partial charge in [0.15, 0.2) is 0 Å². The number of benzene rings is 3. The topological polar surface area (TPSA) is 49.3 Å².